The molecule has 1 N–H and O–H groups in total. The molecule has 2 amide bonds. The average Bonchev–Trinajstić information content (AvgIpc) is 2.84. The molecule has 7 nitrogen and oxygen atoms in total. The summed E-state index contributed by atoms with van der Waals surface area (Å²) in [6.45, 7) is -0.774. The lowest BCUT2D eigenvalue weighted by Crippen LogP contribution is -2.42. The van der Waals surface area contributed by atoms with Crippen LogP contribution in [-0.2, 0) is 26.0 Å². The van der Waals surface area contributed by atoms with Gasteiger partial charge in [-0.05, 0) is 42.3 Å². The first-order valence-corrected chi connectivity index (χ1v) is 10.9. The minimum Gasteiger partial charge on any atom is -0.496 e. The fraction of sp³-hybridized carbons (Fsp3) is 0.263. The van der Waals surface area contributed by atoms with Crippen molar-refractivity contribution in [3.05, 3.63) is 57.8 Å². The Morgan fingerprint density at radius 1 is 1.20 bits per heavy atom. The van der Waals surface area contributed by atoms with E-state index in [2.05, 4.69) is 5.32 Å². The minimum atomic E-state index is -4.30. The van der Waals surface area contributed by atoms with Crippen molar-refractivity contribution in [2.24, 2.45) is 5.92 Å². The summed E-state index contributed by atoms with van der Waals surface area (Å²) in [6.07, 6.45) is -0.0665. The van der Waals surface area contributed by atoms with Crippen molar-refractivity contribution in [1.82, 2.24) is 9.62 Å². The first kappa shape index (κ1) is 22.3. The highest BCUT2D eigenvalue weighted by Gasteiger charge is 2.38. The number of sulfonamides is 1. The van der Waals surface area contributed by atoms with E-state index < -0.39 is 40.1 Å². The molecule has 1 unspecified atom stereocenters. The van der Waals surface area contributed by atoms with Crippen LogP contribution in [-0.4, -0.2) is 44.7 Å². The van der Waals surface area contributed by atoms with Gasteiger partial charge in [-0.25, -0.2) is 17.1 Å². The molecule has 1 fully saturated rings. The second-order valence-electron chi connectivity index (χ2n) is 6.59. The third-order valence-corrected chi connectivity index (χ3v) is 6.92. The number of carbonyl (C=O) groups excluding carboxylic acids is 2. The minimum absolute atomic E-state index is 0.0665. The Hall–Kier alpha value is -2.36. The molecule has 0 bridgehead atoms. The van der Waals surface area contributed by atoms with E-state index in [1.165, 1.54) is 37.4 Å². The molecule has 1 aliphatic rings. The highest BCUT2D eigenvalue weighted by molar-refractivity contribution is 7.89. The molecule has 11 heteroatoms. The van der Waals surface area contributed by atoms with Crippen molar-refractivity contribution >= 4 is 45.0 Å². The normalized spacial score (nSPS) is 17.5. The summed E-state index contributed by atoms with van der Waals surface area (Å²) >= 11 is 11.6. The Morgan fingerprint density at radius 2 is 1.87 bits per heavy atom. The predicted molar refractivity (Wildman–Crippen MR) is 109 cm³/mol. The average molecular weight is 475 g/mol. The highest BCUT2D eigenvalue weighted by atomic mass is 35.5. The van der Waals surface area contributed by atoms with Crippen LogP contribution in [0, 0.1) is 11.7 Å². The SMILES string of the molecule is COc1cc(Cl)c(F)cc1CC1CNC(=O)CN(S(=O)(=O)c2ccc(Cl)cc2)C1=O. The van der Waals surface area contributed by atoms with Gasteiger partial charge in [-0.15, -0.1) is 0 Å². The number of rotatable bonds is 5. The zero-order chi connectivity index (χ0) is 22.1. The third kappa shape index (κ3) is 4.53. The van der Waals surface area contributed by atoms with E-state index in [0.29, 0.717) is 14.9 Å². The van der Waals surface area contributed by atoms with Gasteiger partial charge < -0.3 is 10.1 Å². The Bertz CT molecular complexity index is 1090. The van der Waals surface area contributed by atoms with Crippen LogP contribution in [0.4, 0.5) is 4.39 Å². The standard InChI is InChI=1S/C19H17Cl2FN2O5S/c1-29-17-8-15(21)16(22)7-11(17)6-12-9-23-18(25)10-24(19(12)26)30(27,28)14-4-2-13(20)3-5-14/h2-5,7-8,12H,6,9-10H2,1H3,(H,23,25). The number of ether oxygens (including phenoxy) is 1. The van der Waals surface area contributed by atoms with Gasteiger partial charge in [-0.1, -0.05) is 23.2 Å². The molecule has 160 valence electrons. The van der Waals surface area contributed by atoms with Crippen LogP contribution in [0.2, 0.25) is 10.0 Å². The number of nitrogens with one attached hydrogen (secondary N) is 1. The molecular formula is C19H17Cl2FN2O5S. The molecule has 3 rings (SSSR count). The predicted octanol–water partition coefficient (Wildman–Crippen LogP) is 2.65. The van der Waals surface area contributed by atoms with Gasteiger partial charge in [-0.3, -0.25) is 9.59 Å². The summed E-state index contributed by atoms with van der Waals surface area (Å²) in [5.41, 5.74) is 0.317. The molecule has 0 spiro atoms. The zero-order valence-corrected chi connectivity index (χ0v) is 18.0. The van der Waals surface area contributed by atoms with E-state index in [4.69, 9.17) is 27.9 Å². The number of hydrogen-bond donors (Lipinski definition) is 1. The van der Waals surface area contributed by atoms with E-state index in [0.717, 1.165) is 6.07 Å². The lowest BCUT2D eigenvalue weighted by Gasteiger charge is -2.23. The summed E-state index contributed by atoms with van der Waals surface area (Å²) in [5, 5.41) is 2.70. The third-order valence-electron chi connectivity index (χ3n) is 4.62. The van der Waals surface area contributed by atoms with Gasteiger partial charge in [-0.2, -0.15) is 0 Å². The molecule has 2 aromatic rings. The van der Waals surface area contributed by atoms with Gasteiger partial charge in [0.1, 0.15) is 18.1 Å². The quantitative estimate of drug-likeness (QED) is 0.718. The number of nitrogens with zero attached hydrogens (tertiary/aromatic N) is 1. The summed E-state index contributed by atoms with van der Waals surface area (Å²) in [6, 6.07) is 7.64. The fourth-order valence-corrected chi connectivity index (χ4v) is 4.76. The van der Waals surface area contributed by atoms with Gasteiger partial charge in [0, 0.05) is 17.6 Å². The second-order valence-corrected chi connectivity index (χ2v) is 9.29. The van der Waals surface area contributed by atoms with Crippen LogP contribution in [0.25, 0.3) is 0 Å². The van der Waals surface area contributed by atoms with Crippen molar-refractivity contribution in [3.8, 4) is 5.75 Å². The van der Waals surface area contributed by atoms with Gasteiger partial charge >= 0.3 is 0 Å². The van der Waals surface area contributed by atoms with Crippen molar-refractivity contribution in [3.63, 3.8) is 0 Å². The van der Waals surface area contributed by atoms with Gasteiger partial charge in [0.2, 0.25) is 11.8 Å². The number of hydrogen-bond acceptors (Lipinski definition) is 5. The van der Waals surface area contributed by atoms with Crippen molar-refractivity contribution < 1.29 is 27.1 Å². The summed E-state index contributed by atoms with van der Waals surface area (Å²) in [5.74, 6) is -2.84. The van der Waals surface area contributed by atoms with Crippen molar-refractivity contribution in [2.45, 2.75) is 11.3 Å². The molecule has 1 heterocycles. The molecule has 1 atom stereocenters. The van der Waals surface area contributed by atoms with Crippen LogP contribution in [0.5, 0.6) is 5.75 Å². The van der Waals surface area contributed by atoms with Gasteiger partial charge in [0.05, 0.1) is 22.9 Å². The number of halogens is 3. The molecule has 1 saturated heterocycles. The zero-order valence-electron chi connectivity index (χ0n) is 15.7. The first-order chi connectivity index (χ1) is 14.1. The van der Waals surface area contributed by atoms with Crippen molar-refractivity contribution in [2.75, 3.05) is 20.2 Å². The lowest BCUT2D eigenvalue weighted by molar-refractivity contribution is -0.131. The summed E-state index contributed by atoms with van der Waals surface area (Å²) in [7, 11) is -2.94. The molecule has 0 saturated carbocycles. The topological polar surface area (TPSA) is 92.8 Å². The van der Waals surface area contributed by atoms with E-state index in [1.807, 2.05) is 0 Å². The number of benzene rings is 2. The first-order valence-electron chi connectivity index (χ1n) is 8.74. The Labute approximate surface area is 182 Å². The van der Waals surface area contributed by atoms with Gasteiger partial charge in [0.25, 0.3) is 10.0 Å². The van der Waals surface area contributed by atoms with Gasteiger partial charge in [0.15, 0.2) is 0 Å². The molecule has 0 radical (unpaired) electrons. The van der Waals surface area contributed by atoms with Crippen LogP contribution >= 0.6 is 23.2 Å². The van der Waals surface area contributed by atoms with E-state index in [-0.39, 0.29) is 28.6 Å². The molecule has 30 heavy (non-hydrogen) atoms. The largest absolute Gasteiger partial charge is 0.496 e. The molecule has 1 aliphatic heterocycles. The Kier molecular flexibility index (Phi) is 6.54. The number of amides is 2. The monoisotopic (exact) mass is 474 g/mol. The molecule has 0 aliphatic carbocycles. The number of carbonyl (C=O) groups is 2. The Balaban J connectivity index is 1.96. The molecule has 0 aromatic heterocycles. The van der Waals surface area contributed by atoms with Crippen LogP contribution in [0.15, 0.2) is 41.3 Å². The van der Waals surface area contributed by atoms with Crippen molar-refractivity contribution in [1.29, 1.82) is 0 Å². The smallest absolute Gasteiger partial charge is 0.266 e. The van der Waals surface area contributed by atoms with E-state index in [1.54, 1.807) is 0 Å². The van der Waals surface area contributed by atoms with E-state index in [9.17, 15) is 22.4 Å². The summed E-state index contributed by atoms with van der Waals surface area (Å²) in [4.78, 5) is 25.0. The summed E-state index contributed by atoms with van der Waals surface area (Å²) < 4.78 is 45.7. The molecule has 2 aromatic carbocycles. The maximum absolute atomic E-state index is 13.9. The van der Waals surface area contributed by atoms with Crippen LogP contribution < -0.4 is 10.1 Å². The maximum Gasteiger partial charge on any atom is 0.266 e. The maximum atomic E-state index is 13.9. The number of methoxy groups -OCH3 is 1. The fourth-order valence-electron chi connectivity index (χ4n) is 3.07. The molecular weight excluding hydrogens is 458 g/mol. The lowest BCUT2D eigenvalue weighted by atomic mass is 9.97. The highest BCUT2D eigenvalue weighted by Crippen LogP contribution is 2.30. The second kappa shape index (κ2) is 8.79. The van der Waals surface area contributed by atoms with E-state index >= 15 is 0 Å². The van der Waals surface area contributed by atoms with Crippen LogP contribution in [0.1, 0.15) is 5.56 Å². The Morgan fingerprint density at radius 3 is 2.50 bits per heavy atom. The van der Waals surface area contributed by atoms with Crippen LogP contribution in [0.3, 0.4) is 0 Å².